The van der Waals surface area contributed by atoms with Gasteiger partial charge in [-0.1, -0.05) is 42.5 Å². The molecule has 0 radical (unpaired) electrons. The molecule has 1 atom stereocenters. The number of fused-ring (bicyclic) bond motifs is 1. The van der Waals surface area contributed by atoms with Crippen LogP contribution in [0.25, 0.3) is 21.3 Å². The molecule has 1 aliphatic heterocycles. The molecule has 0 spiro atoms. The number of benzene rings is 3. The molecule has 3 aromatic carbocycles. The van der Waals surface area contributed by atoms with Crippen molar-refractivity contribution < 1.29 is 14.7 Å². The van der Waals surface area contributed by atoms with Crippen LogP contribution in [-0.2, 0) is 4.79 Å². The van der Waals surface area contributed by atoms with Gasteiger partial charge < -0.3 is 15.3 Å². The smallest absolute Gasteiger partial charge is 0.258 e. The maximum Gasteiger partial charge on any atom is 0.258 e. The lowest BCUT2D eigenvalue weighted by Crippen LogP contribution is -2.43. The summed E-state index contributed by atoms with van der Waals surface area (Å²) in [7, 11) is 0. The third-order valence-electron chi connectivity index (χ3n) is 5.76. The first-order valence-electron chi connectivity index (χ1n) is 10.4. The number of aromatic hydroxyl groups is 1. The van der Waals surface area contributed by atoms with Crippen molar-refractivity contribution in [2.24, 2.45) is 0 Å². The molecule has 4 aromatic rings. The molecule has 1 aliphatic rings. The number of amides is 2. The van der Waals surface area contributed by atoms with E-state index in [0.717, 1.165) is 22.4 Å². The highest BCUT2D eigenvalue weighted by Crippen LogP contribution is 2.32. The highest BCUT2D eigenvalue weighted by molar-refractivity contribution is 7.13. The van der Waals surface area contributed by atoms with Crippen molar-refractivity contribution in [1.29, 1.82) is 0 Å². The summed E-state index contributed by atoms with van der Waals surface area (Å²) in [5.74, 6) is -0.606. The summed E-state index contributed by atoms with van der Waals surface area (Å²) >= 11 is 1.53. The fourth-order valence-electron chi connectivity index (χ4n) is 4.19. The van der Waals surface area contributed by atoms with Crippen molar-refractivity contribution in [3.05, 3.63) is 77.8 Å². The lowest BCUT2D eigenvalue weighted by Gasteiger charge is -2.24. The van der Waals surface area contributed by atoms with E-state index >= 15 is 0 Å². The minimum Gasteiger partial charge on any atom is -0.506 e. The van der Waals surface area contributed by atoms with E-state index in [-0.39, 0.29) is 23.1 Å². The van der Waals surface area contributed by atoms with E-state index in [1.54, 1.807) is 23.2 Å². The molecular weight excluding hydrogens is 422 g/mol. The van der Waals surface area contributed by atoms with Gasteiger partial charge in [0.1, 0.15) is 16.8 Å². The highest BCUT2D eigenvalue weighted by Gasteiger charge is 2.35. The molecule has 1 fully saturated rings. The Morgan fingerprint density at radius 2 is 1.97 bits per heavy atom. The van der Waals surface area contributed by atoms with Gasteiger partial charge in [-0.25, -0.2) is 4.98 Å². The van der Waals surface area contributed by atoms with Gasteiger partial charge >= 0.3 is 0 Å². The minimum atomic E-state index is -0.586. The number of phenolic OH excluding ortho intramolecular Hbond substituents is 1. The van der Waals surface area contributed by atoms with Crippen LogP contribution in [0.5, 0.6) is 5.75 Å². The molecule has 2 N–H and O–H groups in total. The van der Waals surface area contributed by atoms with Crippen LogP contribution in [-0.4, -0.2) is 39.4 Å². The number of hydrogen-bond donors (Lipinski definition) is 2. The molecule has 6 nitrogen and oxygen atoms in total. The van der Waals surface area contributed by atoms with Gasteiger partial charge in [-0.2, -0.15) is 0 Å². The van der Waals surface area contributed by atoms with Crippen LogP contribution < -0.4 is 5.32 Å². The number of thiazole rings is 1. The predicted octanol–water partition coefficient (Wildman–Crippen LogP) is 4.91. The van der Waals surface area contributed by atoms with Crippen LogP contribution in [0.2, 0.25) is 0 Å². The predicted molar refractivity (Wildman–Crippen MR) is 126 cm³/mol. The number of rotatable bonds is 4. The number of likely N-dealkylation sites (tertiary alicyclic amines) is 1. The Kier molecular flexibility index (Phi) is 5.33. The maximum absolute atomic E-state index is 13.3. The molecular formula is C25H21N3O3S. The topological polar surface area (TPSA) is 82.5 Å². The second-order valence-electron chi connectivity index (χ2n) is 7.75. The zero-order valence-electron chi connectivity index (χ0n) is 17.2. The average Bonchev–Trinajstić information content (AvgIpc) is 3.52. The number of nitrogens with one attached hydrogen (secondary N) is 1. The molecule has 32 heavy (non-hydrogen) atoms. The van der Waals surface area contributed by atoms with Crippen molar-refractivity contribution >= 4 is 39.6 Å². The van der Waals surface area contributed by atoms with E-state index in [1.165, 1.54) is 11.3 Å². The molecule has 1 unspecified atom stereocenters. The fraction of sp³-hybridized carbons (Fsp3) is 0.160. The van der Waals surface area contributed by atoms with Crippen LogP contribution in [0.3, 0.4) is 0 Å². The third-order valence-corrected chi connectivity index (χ3v) is 6.58. The second-order valence-corrected chi connectivity index (χ2v) is 8.64. The number of nitrogens with zero attached hydrogens (tertiary/aromatic N) is 2. The van der Waals surface area contributed by atoms with Gasteiger partial charge in [0.05, 0.1) is 5.56 Å². The number of carbonyl (C=O) groups excluding carboxylic acids is 2. The molecule has 0 saturated carbocycles. The Morgan fingerprint density at radius 3 is 2.81 bits per heavy atom. The summed E-state index contributed by atoms with van der Waals surface area (Å²) in [6.45, 7) is 0.475. The van der Waals surface area contributed by atoms with Crippen LogP contribution in [0.15, 0.2) is 72.2 Å². The third kappa shape index (κ3) is 3.71. The normalized spacial score (nSPS) is 15.8. The van der Waals surface area contributed by atoms with Crippen LogP contribution >= 0.6 is 11.3 Å². The quantitative estimate of drug-likeness (QED) is 0.469. The first kappa shape index (κ1) is 20.2. The molecule has 5 rings (SSSR count). The number of hydrogen-bond acceptors (Lipinski definition) is 5. The average molecular weight is 444 g/mol. The standard InChI is InChI=1S/C25H21N3O3S/c29-22-19-8-2-1-5-16(19)10-11-20(22)25(31)28-13-4-9-21(28)23(30)27-18-7-3-6-17(15-18)24-26-12-14-32-24/h1-3,5-8,10-12,14-15,21,29H,4,9,13H2,(H,27,30). The molecule has 0 aliphatic carbocycles. The molecule has 2 amide bonds. The van der Waals surface area contributed by atoms with Gasteiger partial charge in [-0.3, -0.25) is 9.59 Å². The van der Waals surface area contributed by atoms with E-state index in [4.69, 9.17) is 0 Å². The second kappa shape index (κ2) is 8.43. The number of anilines is 1. The molecule has 7 heteroatoms. The SMILES string of the molecule is O=C(Nc1cccc(-c2nccs2)c1)C1CCCN1C(=O)c1ccc2ccccc2c1O. The summed E-state index contributed by atoms with van der Waals surface area (Å²) in [5, 5.41) is 17.9. The van der Waals surface area contributed by atoms with Gasteiger partial charge in [0.15, 0.2) is 0 Å². The molecule has 160 valence electrons. The van der Waals surface area contributed by atoms with Crippen LogP contribution in [0.4, 0.5) is 5.69 Å². The monoisotopic (exact) mass is 443 g/mol. The van der Waals surface area contributed by atoms with Gasteiger partial charge in [0.2, 0.25) is 5.91 Å². The lowest BCUT2D eigenvalue weighted by atomic mass is 10.0. The number of phenols is 1. The van der Waals surface area contributed by atoms with E-state index < -0.39 is 6.04 Å². The maximum atomic E-state index is 13.3. The highest BCUT2D eigenvalue weighted by atomic mass is 32.1. The van der Waals surface area contributed by atoms with Gasteiger partial charge in [-0.15, -0.1) is 11.3 Å². The summed E-state index contributed by atoms with van der Waals surface area (Å²) in [4.78, 5) is 32.2. The Morgan fingerprint density at radius 1 is 1.09 bits per heavy atom. The molecule has 1 saturated heterocycles. The van der Waals surface area contributed by atoms with Crippen molar-refractivity contribution in [3.63, 3.8) is 0 Å². The van der Waals surface area contributed by atoms with E-state index in [1.807, 2.05) is 53.9 Å². The first-order valence-corrected chi connectivity index (χ1v) is 11.3. The van der Waals surface area contributed by atoms with Crippen molar-refractivity contribution in [2.75, 3.05) is 11.9 Å². The van der Waals surface area contributed by atoms with Crippen LogP contribution in [0, 0.1) is 0 Å². The number of carbonyl (C=O) groups is 2. The zero-order valence-corrected chi connectivity index (χ0v) is 18.0. The minimum absolute atomic E-state index is 0.0460. The zero-order chi connectivity index (χ0) is 22.1. The summed E-state index contributed by atoms with van der Waals surface area (Å²) < 4.78 is 0. The van der Waals surface area contributed by atoms with Gasteiger partial charge in [-0.05, 0) is 36.4 Å². The van der Waals surface area contributed by atoms with Crippen molar-refractivity contribution in [3.8, 4) is 16.3 Å². The van der Waals surface area contributed by atoms with Gasteiger partial charge in [0, 0.05) is 34.8 Å². The van der Waals surface area contributed by atoms with E-state index in [2.05, 4.69) is 10.3 Å². The van der Waals surface area contributed by atoms with E-state index in [0.29, 0.717) is 24.0 Å². The largest absolute Gasteiger partial charge is 0.506 e. The van der Waals surface area contributed by atoms with Gasteiger partial charge in [0.25, 0.3) is 5.91 Å². The molecule has 0 bridgehead atoms. The molecule has 2 heterocycles. The molecule has 1 aromatic heterocycles. The van der Waals surface area contributed by atoms with Crippen molar-refractivity contribution in [2.45, 2.75) is 18.9 Å². The van der Waals surface area contributed by atoms with E-state index in [9.17, 15) is 14.7 Å². The Hall–Kier alpha value is -3.71. The first-order chi connectivity index (χ1) is 15.6. The Bertz CT molecular complexity index is 1300. The van der Waals surface area contributed by atoms with Crippen molar-refractivity contribution in [1.82, 2.24) is 9.88 Å². The Labute approximate surface area is 189 Å². The summed E-state index contributed by atoms with van der Waals surface area (Å²) in [6.07, 6.45) is 3.06. The lowest BCUT2D eigenvalue weighted by molar-refractivity contribution is -0.119. The Balaban J connectivity index is 1.37. The van der Waals surface area contributed by atoms with Crippen LogP contribution in [0.1, 0.15) is 23.2 Å². The fourth-order valence-corrected chi connectivity index (χ4v) is 4.82. The summed E-state index contributed by atoms with van der Waals surface area (Å²) in [5.41, 5.74) is 1.81. The number of aromatic nitrogens is 1. The summed E-state index contributed by atoms with van der Waals surface area (Å²) in [6, 6.07) is 17.8.